The summed E-state index contributed by atoms with van der Waals surface area (Å²) in [6.07, 6.45) is 0.143. The molecule has 1 aliphatic heterocycles. The van der Waals surface area contributed by atoms with Crippen molar-refractivity contribution >= 4 is 0 Å². The van der Waals surface area contributed by atoms with Crippen molar-refractivity contribution in [2.24, 2.45) is 0 Å². The van der Waals surface area contributed by atoms with Crippen molar-refractivity contribution in [1.29, 1.82) is 0 Å². The summed E-state index contributed by atoms with van der Waals surface area (Å²) >= 11 is 0. The summed E-state index contributed by atoms with van der Waals surface area (Å²) in [4.78, 5) is 2.03. The number of halogens is 1. The Kier molecular flexibility index (Phi) is 4.52. The number of nitrogens with zero attached hydrogens (tertiary/aromatic N) is 1. The molecule has 100 valence electrons. The van der Waals surface area contributed by atoms with Crippen LogP contribution in [0.25, 0.3) is 0 Å². The lowest BCUT2D eigenvalue weighted by molar-refractivity contribution is 0.0628. The molecular formula is C13H18FNO3. The van der Waals surface area contributed by atoms with E-state index in [0.717, 1.165) is 13.0 Å². The minimum Gasteiger partial charge on any atom is -0.489 e. The third kappa shape index (κ3) is 3.66. The Morgan fingerprint density at radius 2 is 2.33 bits per heavy atom. The predicted molar refractivity (Wildman–Crippen MR) is 65.0 cm³/mol. The molecule has 2 unspecified atom stereocenters. The van der Waals surface area contributed by atoms with E-state index >= 15 is 0 Å². The van der Waals surface area contributed by atoms with Crippen molar-refractivity contribution in [3.8, 4) is 5.75 Å². The molecule has 18 heavy (non-hydrogen) atoms. The fourth-order valence-corrected chi connectivity index (χ4v) is 2.15. The highest BCUT2D eigenvalue weighted by atomic mass is 19.1. The van der Waals surface area contributed by atoms with Crippen LogP contribution in [0.15, 0.2) is 24.3 Å². The standard InChI is InChI=1S/C13H18FNO3/c14-10-2-1-3-12(6-10)18-13-4-5-15(8-13)7-11(17)9-16/h1-3,6,11,13,16-17H,4-5,7-9H2. The van der Waals surface area contributed by atoms with Gasteiger partial charge in [0.1, 0.15) is 17.7 Å². The summed E-state index contributed by atoms with van der Waals surface area (Å²) in [6, 6.07) is 6.10. The third-order valence-electron chi connectivity index (χ3n) is 3.01. The first kappa shape index (κ1) is 13.3. The maximum absolute atomic E-state index is 13.0. The van der Waals surface area contributed by atoms with Gasteiger partial charge in [0.2, 0.25) is 0 Å². The topological polar surface area (TPSA) is 52.9 Å². The number of aliphatic hydroxyl groups is 2. The number of ether oxygens (including phenoxy) is 1. The van der Waals surface area contributed by atoms with Crippen LogP contribution in [0.2, 0.25) is 0 Å². The zero-order chi connectivity index (χ0) is 13.0. The van der Waals surface area contributed by atoms with Gasteiger partial charge in [-0.3, -0.25) is 4.90 Å². The molecule has 0 spiro atoms. The Labute approximate surface area is 106 Å². The number of benzene rings is 1. The van der Waals surface area contributed by atoms with Crippen LogP contribution in [-0.4, -0.2) is 53.6 Å². The van der Waals surface area contributed by atoms with Gasteiger partial charge in [-0.25, -0.2) is 4.39 Å². The molecule has 1 saturated heterocycles. The maximum Gasteiger partial charge on any atom is 0.126 e. The molecule has 0 radical (unpaired) electrons. The summed E-state index contributed by atoms with van der Waals surface area (Å²) in [5, 5.41) is 18.1. The summed E-state index contributed by atoms with van der Waals surface area (Å²) in [5.41, 5.74) is 0. The first-order chi connectivity index (χ1) is 8.67. The second-order valence-corrected chi connectivity index (χ2v) is 4.58. The number of rotatable bonds is 5. The van der Waals surface area contributed by atoms with Crippen LogP contribution < -0.4 is 4.74 Å². The van der Waals surface area contributed by atoms with Crippen molar-refractivity contribution in [3.05, 3.63) is 30.1 Å². The number of aliphatic hydroxyl groups excluding tert-OH is 2. The lowest BCUT2D eigenvalue weighted by atomic mass is 10.3. The highest BCUT2D eigenvalue weighted by Crippen LogP contribution is 2.19. The number of hydrogen-bond donors (Lipinski definition) is 2. The highest BCUT2D eigenvalue weighted by molar-refractivity contribution is 5.22. The van der Waals surface area contributed by atoms with Crippen LogP contribution in [0.4, 0.5) is 4.39 Å². The molecule has 1 aromatic carbocycles. The molecule has 0 aliphatic carbocycles. The monoisotopic (exact) mass is 255 g/mol. The van der Waals surface area contributed by atoms with Crippen LogP contribution in [0.3, 0.4) is 0 Å². The van der Waals surface area contributed by atoms with Crippen molar-refractivity contribution in [2.45, 2.75) is 18.6 Å². The Morgan fingerprint density at radius 1 is 1.50 bits per heavy atom. The summed E-state index contributed by atoms with van der Waals surface area (Å²) in [5.74, 6) is 0.225. The molecule has 0 saturated carbocycles. The van der Waals surface area contributed by atoms with Crippen LogP contribution in [0, 0.1) is 5.82 Å². The molecule has 1 aromatic rings. The second kappa shape index (κ2) is 6.13. The normalized spacial score (nSPS) is 22.1. The molecule has 2 N–H and O–H groups in total. The average Bonchev–Trinajstić information content (AvgIpc) is 2.76. The van der Waals surface area contributed by atoms with E-state index in [1.807, 2.05) is 4.90 Å². The van der Waals surface area contributed by atoms with E-state index in [0.29, 0.717) is 18.8 Å². The molecule has 0 aromatic heterocycles. The van der Waals surface area contributed by atoms with Gasteiger partial charge in [-0.05, 0) is 18.6 Å². The van der Waals surface area contributed by atoms with E-state index in [4.69, 9.17) is 9.84 Å². The van der Waals surface area contributed by atoms with Gasteiger partial charge in [-0.15, -0.1) is 0 Å². The fourth-order valence-electron chi connectivity index (χ4n) is 2.15. The van der Waals surface area contributed by atoms with Crippen LogP contribution in [0.1, 0.15) is 6.42 Å². The Bertz CT molecular complexity index is 388. The predicted octanol–water partition coefficient (Wildman–Crippen LogP) is 0.632. The molecule has 5 heteroatoms. The van der Waals surface area contributed by atoms with Crippen molar-refractivity contribution in [2.75, 3.05) is 26.2 Å². The molecule has 2 atom stereocenters. The molecule has 0 bridgehead atoms. The van der Waals surface area contributed by atoms with Gasteiger partial charge in [-0.2, -0.15) is 0 Å². The van der Waals surface area contributed by atoms with Crippen LogP contribution >= 0.6 is 0 Å². The highest BCUT2D eigenvalue weighted by Gasteiger charge is 2.25. The molecule has 2 rings (SSSR count). The Hall–Kier alpha value is -1.17. The second-order valence-electron chi connectivity index (χ2n) is 4.58. The summed E-state index contributed by atoms with van der Waals surface area (Å²) in [7, 11) is 0. The lowest BCUT2D eigenvalue weighted by Gasteiger charge is -2.19. The first-order valence-corrected chi connectivity index (χ1v) is 6.11. The minimum absolute atomic E-state index is 0.0118. The number of β-amino-alcohol motifs (C(OH)–C–C–N with tert-alkyl or cyclic N) is 1. The van der Waals surface area contributed by atoms with Gasteiger partial charge in [0, 0.05) is 25.7 Å². The number of likely N-dealkylation sites (tertiary alicyclic amines) is 1. The average molecular weight is 255 g/mol. The quantitative estimate of drug-likeness (QED) is 0.810. The molecule has 1 fully saturated rings. The molecule has 4 nitrogen and oxygen atoms in total. The molecule has 1 aliphatic rings. The van der Waals surface area contributed by atoms with Gasteiger partial charge in [0.15, 0.2) is 0 Å². The van der Waals surface area contributed by atoms with E-state index in [1.54, 1.807) is 12.1 Å². The third-order valence-corrected chi connectivity index (χ3v) is 3.01. The van der Waals surface area contributed by atoms with E-state index in [9.17, 15) is 9.50 Å². The van der Waals surface area contributed by atoms with Crippen LogP contribution in [0.5, 0.6) is 5.75 Å². The van der Waals surface area contributed by atoms with E-state index in [2.05, 4.69) is 0 Å². The van der Waals surface area contributed by atoms with Crippen LogP contribution in [-0.2, 0) is 0 Å². The lowest BCUT2D eigenvalue weighted by Crippen LogP contribution is -2.34. The van der Waals surface area contributed by atoms with Gasteiger partial charge in [-0.1, -0.05) is 6.07 Å². The number of hydrogen-bond acceptors (Lipinski definition) is 4. The largest absolute Gasteiger partial charge is 0.489 e. The summed E-state index contributed by atoms with van der Waals surface area (Å²) in [6.45, 7) is 1.72. The SMILES string of the molecule is OCC(O)CN1CCC(Oc2cccc(F)c2)C1. The van der Waals surface area contributed by atoms with Crippen molar-refractivity contribution in [1.82, 2.24) is 4.90 Å². The van der Waals surface area contributed by atoms with Gasteiger partial charge >= 0.3 is 0 Å². The summed E-state index contributed by atoms with van der Waals surface area (Å²) < 4.78 is 18.7. The smallest absolute Gasteiger partial charge is 0.126 e. The van der Waals surface area contributed by atoms with Crippen molar-refractivity contribution in [3.63, 3.8) is 0 Å². The fraction of sp³-hybridized carbons (Fsp3) is 0.538. The van der Waals surface area contributed by atoms with Gasteiger partial charge in [0.05, 0.1) is 12.7 Å². The molecule has 0 amide bonds. The van der Waals surface area contributed by atoms with Gasteiger partial charge in [0.25, 0.3) is 0 Å². The molecule has 1 heterocycles. The Balaban J connectivity index is 1.82. The molecular weight excluding hydrogens is 237 g/mol. The maximum atomic E-state index is 13.0. The first-order valence-electron chi connectivity index (χ1n) is 6.11. The zero-order valence-corrected chi connectivity index (χ0v) is 10.1. The van der Waals surface area contributed by atoms with E-state index in [-0.39, 0.29) is 18.5 Å². The Morgan fingerprint density at radius 3 is 3.06 bits per heavy atom. The zero-order valence-electron chi connectivity index (χ0n) is 10.1. The van der Waals surface area contributed by atoms with Crippen molar-refractivity contribution < 1.29 is 19.3 Å². The van der Waals surface area contributed by atoms with Gasteiger partial charge < -0.3 is 14.9 Å². The van der Waals surface area contributed by atoms with E-state index < -0.39 is 6.10 Å². The van der Waals surface area contributed by atoms with E-state index in [1.165, 1.54) is 12.1 Å². The minimum atomic E-state index is -0.710.